The fourth-order valence-electron chi connectivity index (χ4n) is 3.56. The highest BCUT2D eigenvalue weighted by molar-refractivity contribution is 5.67. The molecule has 1 unspecified atom stereocenters. The number of benzene rings is 1. The van der Waals surface area contributed by atoms with Crippen LogP contribution in [0, 0.1) is 11.8 Å². The third-order valence-electron chi connectivity index (χ3n) is 4.72. The third-order valence-corrected chi connectivity index (χ3v) is 4.72. The van der Waals surface area contributed by atoms with Gasteiger partial charge in [0.05, 0.1) is 6.10 Å². The molecule has 0 spiro atoms. The van der Waals surface area contributed by atoms with Crippen LogP contribution in [0.15, 0.2) is 30.3 Å². The largest absolute Gasteiger partial charge is 0.481 e. The maximum atomic E-state index is 10.9. The van der Waals surface area contributed by atoms with Gasteiger partial charge < -0.3 is 10.2 Å². The standard InChI is InChI=1S/C18H26O3/c19-17-12-11-15(13-18(20)21)16(17)10-6-2-5-9-14-7-3-1-4-8-14/h1,3-4,7-8,15-17,19H,2,5-6,9-13H2,(H,20,21)/t15-,16?,17-/m1/s1. The minimum absolute atomic E-state index is 0.173. The number of aliphatic hydroxyl groups excluding tert-OH is 1. The number of carboxylic acids is 1. The molecule has 3 heteroatoms. The van der Waals surface area contributed by atoms with E-state index in [0.717, 1.165) is 44.9 Å². The van der Waals surface area contributed by atoms with Crippen molar-refractivity contribution in [3.8, 4) is 0 Å². The van der Waals surface area contributed by atoms with Gasteiger partial charge in [0.2, 0.25) is 0 Å². The molecule has 0 saturated heterocycles. The summed E-state index contributed by atoms with van der Waals surface area (Å²) in [6, 6.07) is 10.5. The number of hydrogen-bond donors (Lipinski definition) is 2. The minimum Gasteiger partial charge on any atom is -0.481 e. The van der Waals surface area contributed by atoms with Crippen LogP contribution in [-0.2, 0) is 11.2 Å². The Balaban J connectivity index is 1.66. The Labute approximate surface area is 127 Å². The third kappa shape index (κ3) is 5.16. The Bertz CT molecular complexity index is 429. The lowest BCUT2D eigenvalue weighted by Crippen LogP contribution is -2.21. The lowest BCUT2D eigenvalue weighted by molar-refractivity contribution is -0.138. The SMILES string of the molecule is O=C(O)C[C@H]1CC[C@@H](O)C1CCCCCc1ccccc1. The van der Waals surface area contributed by atoms with Crippen molar-refractivity contribution in [1.29, 1.82) is 0 Å². The van der Waals surface area contributed by atoms with Crippen molar-refractivity contribution in [1.82, 2.24) is 0 Å². The molecule has 116 valence electrons. The summed E-state index contributed by atoms with van der Waals surface area (Å²) in [5.74, 6) is -0.368. The quantitative estimate of drug-likeness (QED) is 0.718. The lowest BCUT2D eigenvalue weighted by Gasteiger charge is -2.20. The second-order valence-corrected chi connectivity index (χ2v) is 6.25. The monoisotopic (exact) mass is 290 g/mol. The van der Waals surface area contributed by atoms with Gasteiger partial charge in [-0.1, -0.05) is 43.2 Å². The summed E-state index contributed by atoms with van der Waals surface area (Å²) in [4.78, 5) is 10.9. The first kappa shape index (κ1) is 16.0. The predicted octanol–water partition coefficient (Wildman–Crippen LogP) is 3.65. The Hall–Kier alpha value is -1.35. The zero-order chi connectivity index (χ0) is 15.1. The van der Waals surface area contributed by atoms with E-state index in [1.165, 1.54) is 5.56 Å². The predicted molar refractivity (Wildman–Crippen MR) is 83.1 cm³/mol. The summed E-state index contributed by atoms with van der Waals surface area (Å²) >= 11 is 0. The molecule has 1 aromatic carbocycles. The normalized spacial score (nSPS) is 25.1. The Kier molecular flexibility index (Phi) is 6.24. The van der Waals surface area contributed by atoms with Gasteiger partial charge in [0, 0.05) is 6.42 Å². The van der Waals surface area contributed by atoms with Crippen LogP contribution < -0.4 is 0 Å². The summed E-state index contributed by atoms with van der Waals surface area (Å²) in [7, 11) is 0. The van der Waals surface area contributed by atoms with Crippen molar-refractivity contribution < 1.29 is 15.0 Å². The number of aryl methyl sites for hydroxylation is 1. The van der Waals surface area contributed by atoms with Gasteiger partial charge in [0.25, 0.3) is 0 Å². The average Bonchev–Trinajstić information content (AvgIpc) is 2.80. The van der Waals surface area contributed by atoms with Gasteiger partial charge >= 0.3 is 5.97 Å². The molecule has 1 aliphatic rings. The molecular formula is C18H26O3. The molecule has 0 bridgehead atoms. The van der Waals surface area contributed by atoms with Gasteiger partial charge in [-0.05, 0) is 49.5 Å². The molecule has 1 saturated carbocycles. The number of carboxylic acid groups (broad SMARTS) is 1. The van der Waals surface area contributed by atoms with Gasteiger partial charge in [-0.25, -0.2) is 0 Å². The Morgan fingerprint density at radius 2 is 1.86 bits per heavy atom. The molecule has 1 aromatic rings. The van der Waals surface area contributed by atoms with Gasteiger partial charge in [-0.3, -0.25) is 4.79 Å². The second-order valence-electron chi connectivity index (χ2n) is 6.25. The van der Waals surface area contributed by atoms with Crippen LogP contribution in [-0.4, -0.2) is 22.3 Å². The number of rotatable bonds is 8. The summed E-state index contributed by atoms with van der Waals surface area (Å²) in [6.45, 7) is 0. The Morgan fingerprint density at radius 1 is 1.10 bits per heavy atom. The maximum Gasteiger partial charge on any atom is 0.303 e. The van der Waals surface area contributed by atoms with Crippen molar-refractivity contribution in [2.75, 3.05) is 0 Å². The molecule has 0 heterocycles. The van der Waals surface area contributed by atoms with Crippen LogP contribution >= 0.6 is 0 Å². The first-order valence-electron chi connectivity index (χ1n) is 8.10. The molecule has 1 fully saturated rings. The van der Waals surface area contributed by atoms with Crippen LogP contribution in [0.3, 0.4) is 0 Å². The maximum absolute atomic E-state index is 10.9. The second kappa shape index (κ2) is 8.18. The molecular weight excluding hydrogens is 264 g/mol. The smallest absolute Gasteiger partial charge is 0.303 e. The van der Waals surface area contributed by atoms with Gasteiger partial charge in [-0.15, -0.1) is 0 Å². The molecule has 0 amide bonds. The summed E-state index contributed by atoms with van der Waals surface area (Å²) in [6.07, 6.45) is 7.03. The van der Waals surface area contributed by atoms with Crippen LogP contribution in [0.4, 0.5) is 0 Å². The van der Waals surface area contributed by atoms with E-state index in [-0.39, 0.29) is 24.4 Å². The fraction of sp³-hybridized carbons (Fsp3) is 0.611. The number of unbranched alkanes of at least 4 members (excludes halogenated alkanes) is 2. The first-order chi connectivity index (χ1) is 10.2. The van der Waals surface area contributed by atoms with E-state index in [1.54, 1.807) is 0 Å². The molecule has 2 N–H and O–H groups in total. The molecule has 0 aliphatic heterocycles. The zero-order valence-corrected chi connectivity index (χ0v) is 12.6. The lowest BCUT2D eigenvalue weighted by atomic mass is 9.87. The van der Waals surface area contributed by atoms with Gasteiger partial charge in [0.1, 0.15) is 0 Å². The number of aliphatic carboxylic acids is 1. The topological polar surface area (TPSA) is 57.5 Å². The number of aliphatic hydroxyl groups is 1. The van der Waals surface area contributed by atoms with E-state index in [2.05, 4.69) is 24.3 Å². The molecule has 3 atom stereocenters. The fourth-order valence-corrected chi connectivity index (χ4v) is 3.56. The van der Waals surface area contributed by atoms with E-state index in [1.807, 2.05) is 6.07 Å². The van der Waals surface area contributed by atoms with Crippen molar-refractivity contribution in [2.45, 2.75) is 57.5 Å². The summed E-state index contributed by atoms with van der Waals surface area (Å²) < 4.78 is 0. The Morgan fingerprint density at radius 3 is 2.57 bits per heavy atom. The van der Waals surface area contributed by atoms with Crippen molar-refractivity contribution in [3.05, 3.63) is 35.9 Å². The molecule has 0 aromatic heterocycles. The van der Waals surface area contributed by atoms with E-state index < -0.39 is 5.97 Å². The van der Waals surface area contributed by atoms with Gasteiger partial charge in [-0.2, -0.15) is 0 Å². The van der Waals surface area contributed by atoms with E-state index in [4.69, 9.17) is 5.11 Å². The van der Waals surface area contributed by atoms with Crippen molar-refractivity contribution in [2.24, 2.45) is 11.8 Å². The minimum atomic E-state index is -0.733. The van der Waals surface area contributed by atoms with E-state index >= 15 is 0 Å². The molecule has 2 rings (SSSR count). The van der Waals surface area contributed by atoms with E-state index in [0.29, 0.717) is 0 Å². The molecule has 21 heavy (non-hydrogen) atoms. The first-order valence-corrected chi connectivity index (χ1v) is 8.10. The van der Waals surface area contributed by atoms with Crippen LogP contribution in [0.1, 0.15) is 50.5 Å². The highest BCUT2D eigenvalue weighted by atomic mass is 16.4. The molecule has 1 aliphatic carbocycles. The highest BCUT2D eigenvalue weighted by Gasteiger charge is 2.35. The highest BCUT2D eigenvalue weighted by Crippen LogP contribution is 2.37. The van der Waals surface area contributed by atoms with Crippen LogP contribution in [0.25, 0.3) is 0 Å². The van der Waals surface area contributed by atoms with Crippen molar-refractivity contribution >= 4 is 5.97 Å². The molecule has 0 radical (unpaired) electrons. The summed E-state index contributed by atoms with van der Waals surface area (Å²) in [5, 5.41) is 18.9. The zero-order valence-electron chi connectivity index (χ0n) is 12.6. The van der Waals surface area contributed by atoms with Crippen LogP contribution in [0.5, 0.6) is 0 Å². The van der Waals surface area contributed by atoms with Gasteiger partial charge in [0.15, 0.2) is 0 Å². The number of hydrogen-bond acceptors (Lipinski definition) is 2. The summed E-state index contributed by atoms with van der Waals surface area (Å²) in [5.41, 5.74) is 1.38. The number of carbonyl (C=O) groups is 1. The van der Waals surface area contributed by atoms with Crippen molar-refractivity contribution in [3.63, 3.8) is 0 Å². The molecule has 3 nitrogen and oxygen atoms in total. The van der Waals surface area contributed by atoms with Crippen LogP contribution in [0.2, 0.25) is 0 Å². The average molecular weight is 290 g/mol. The van der Waals surface area contributed by atoms with E-state index in [9.17, 15) is 9.90 Å².